The summed E-state index contributed by atoms with van der Waals surface area (Å²) in [5, 5.41) is 3.06. The van der Waals surface area contributed by atoms with Crippen molar-refractivity contribution in [1.82, 2.24) is 15.3 Å². The van der Waals surface area contributed by atoms with Gasteiger partial charge in [0.05, 0.1) is 0 Å². The van der Waals surface area contributed by atoms with Crippen LogP contribution in [0.3, 0.4) is 0 Å². The Morgan fingerprint density at radius 2 is 2.28 bits per heavy atom. The molecule has 1 fully saturated rings. The molecule has 1 aromatic rings. The molecular weight excluding hydrogens is 236 g/mol. The van der Waals surface area contributed by atoms with Gasteiger partial charge in [0.25, 0.3) is 0 Å². The second-order valence-corrected chi connectivity index (χ2v) is 4.88. The molecule has 0 spiro atoms. The van der Waals surface area contributed by atoms with Crippen LogP contribution in [-0.4, -0.2) is 22.9 Å². The number of nitrogens with one attached hydrogen (secondary N) is 1. The summed E-state index contributed by atoms with van der Waals surface area (Å²) in [6.45, 7) is 2.73. The second kappa shape index (κ2) is 5.26. The molecule has 2 rings (SSSR count). The number of aromatic nitrogens is 2. The fourth-order valence-electron chi connectivity index (χ4n) is 2.47. The molecule has 1 N–H and O–H groups in total. The van der Waals surface area contributed by atoms with Crippen molar-refractivity contribution in [1.29, 1.82) is 0 Å². The van der Waals surface area contributed by atoms with Gasteiger partial charge < -0.3 is 5.32 Å². The van der Waals surface area contributed by atoms with Gasteiger partial charge in [0, 0.05) is 42.8 Å². The number of hydrogen-bond acceptors (Lipinski definition) is 3. The molecule has 1 aliphatic rings. The van der Waals surface area contributed by atoms with Gasteiger partial charge in [-0.1, -0.05) is 6.92 Å². The number of hydrogen-bond donors (Lipinski definition) is 1. The maximum Gasteiger partial charge on any atom is 0.248 e. The van der Waals surface area contributed by atoms with Gasteiger partial charge in [-0.3, -0.25) is 0 Å². The molecule has 5 heteroatoms. The first kappa shape index (κ1) is 13.3. The van der Waals surface area contributed by atoms with Crippen LogP contribution in [0.5, 0.6) is 0 Å². The maximum absolute atomic E-state index is 13.2. The van der Waals surface area contributed by atoms with E-state index in [9.17, 15) is 8.78 Å². The molecule has 0 amide bonds. The lowest BCUT2D eigenvalue weighted by molar-refractivity contribution is 0.00753. The molecule has 1 atom stereocenters. The van der Waals surface area contributed by atoms with Gasteiger partial charge in [-0.15, -0.1) is 0 Å². The summed E-state index contributed by atoms with van der Waals surface area (Å²) >= 11 is 0. The SMILES string of the molecule is CCc1nc(C2CCC(F)(F)C2)ncc1CNC. The third-order valence-corrected chi connectivity index (χ3v) is 3.44. The minimum atomic E-state index is -2.54. The molecule has 0 saturated heterocycles. The van der Waals surface area contributed by atoms with Gasteiger partial charge in [-0.2, -0.15) is 0 Å². The third-order valence-electron chi connectivity index (χ3n) is 3.44. The van der Waals surface area contributed by atoms with E-state index in [1.54, 1.807) is 6.20 Å². The van der Waals surface area contributed by atoms with Gasteiger partial charge in [-0.05, 0) is 19.9 Å². The van der Waals surface area contributed by atoms with Crippen molar-refractivity contribution in [3.05, 3.63) is 23.3 Å². The summed E-state index contributed by atoms with van der Waals surface area (Å²) in [6.07, 6.45) is 2.91. The van der Waals surface area contributed by atoms with Crippen molar-refractivity contribution in [2.24, 2.45) is 0 Å². The van der Waals surface area contributed by atoms with Crippen LogP contribution in [0.1, 0.15) is 49.2 Å². The van der Waals surface area contributed by atoms with Crippen molar-refractivity contribution in [2.45, 2.75) is 51.0 Å². The molecular formula is C13H19F2N3. The summed E-state index contributed by atoms with van der Waals surface area (Å²) in [6, 6.07) is 0. The highest BCUT2D eigenvalue weighted by Gasteiger charge is 2.41. The van der Waals surface area contributed by atoms with Gasteiger partial charge in [0.1, 0.15) is 5.82 Å². The lowest BCUT2D eigenvalue weighted by Crippen LogP contribution is -2.13. The van der Waals surface area contributed by atoms with E-state index in [0.717, 1.165) is 17.7 Å². The summed E-state index contributed by atoms with van der Waals surface area (Å²) in [5.41, 5.74) is 2.01. The largest absolute Gasteiger partial charge is 0.316 e. The highest BCUT2D eigenvalue weighted by atomic mass is 19.3. The van der Waals surface area contributed by atoms with Crippen LogP contribution >= 0.6 is 0 Å². The number of halogens is 2. The molecule has 3 nitrogen and oxygen atoms in total. The van der Waals surface area contributed by atoms with Crippen LogP contribution in [-0.2, 0) is 13.0 Å². The Morgan fingerprint density at radius 1 is 1.50 bits per heavy atom. The number of rotatable bonds is 4. The maximum atomic E-state index is 13.2. The van der Waals surface area contributed by atoms with E-state index in [0.29, 0.717) is 18.8 Å². The zero-order valence-electron chi connectivity index (χ0n) is 10.8. The Kier molecular flexibility index (Phi) is 3.90. The normalized spacial score (nSPS) is 22.3. The number of aryl methyl sites for hydroxylation is 1. The van der Waals surface area contributed by atoms with Crippen LogP contribution < -0.4 is 5.32 Å². The van der Waals surface area contributed by atoms with E-state index < -0.39 is 5.92 Å². The molecule has 18 heavy (non-hydrogen) atoms. The molecule has 0 bridgehead atoms. The number of alkyl halides is 2. The van der Waals surface area contributed by atoms with Gasteiger partial charge in [0.15, 0.2) is 0 Å². The zero-order valence-corrected chi connectivity index (χ0v) is 10.8. The Balaban J connectivity index is 2.20. The van der Waals surface area contributed by atoms with Gasteiger partial charge in [-0.25, -0.2) is 18.7 Å². The highest BCUT2D eigenvalue weighted by molar-refractivity contribution is 5.19. The standard InChI is InChI=1S/C13H19F2N3/c1-3-11-10(7-16-2)8-17-12(18-11)9-4-5-13(14,15)6-9/h8-9,16H,3-7H2,1-2H3. The summed E-state index contributed by atoms with van der Waals surface area (Å²) in [4.78, 5) is 8.74. The quantitative estimate of drug-likeness (QED) is 0.898. The first-order valence-electron chi connectivity index (χ1n) is 6.43. The lowest BCUT2D eigenvalue weighted by atomic mass is 10.1. The smallest absolute Gasteiger partial charge is 0.248 e. The average Bonchev–Trinajstić information content (AvgIpc) is 2.70. The molecule has 1 saturated carbocycles. The van der Waals surface area contributed by atoms with E-state index >= 15 is 0 Å². The van der Waals surface area contributed by atoms with Crippen molar-refractivity contribution in [3.8, 4) is 0 Å². The molecule has 1 aliphatic carbocycles. The highest BCUT2D eigenvalue weighted by Crippen LogP contribution is 2.43. The van der Waals surface area contributed by atoms with E-state index in [-0.39, 0.29) is 18.8 Å². The monoisotopic (exact) mass is 255 g/mol. The zero-order chi connectivity index (χ0) is 13.2. The molecule has 1 heterocycles. The first-order chi connectivity index (χ1) is 8.55. The summed E-state index contributed by atoms with van der Waals surface area (Å²) in [5.74, 6) is -2.14. The number of nitrogens with zero attached hydrogens (tertiary/aromatic N) is 2. The van der Waals surface area contributed by atoms with Crippen molar-refractivity contribution >= 4 is 0 Å². The predicted octanol–water partition coefficient (Wildman–Crippen LogP) is 2.66. The fraction of sp³-hybridized carbons (Fsp3) is 0.692. The van der Waals surface area contributed by atoms with Crippen molar-refractivity contribution in [3.63, 3.8) is 0 Å². The predicted molar refractivity (Wildman–Crippen MR) is 65.7 cm³/mol. The molecule has 0 radical (unpaired) electrons. The van der Waals surface area contributed by atoms with Crippen LogP contribution in [0.2, 0.25) is 0 Å². The van der Waals surface area contributed by atoms with E-state index in [4.69, 9.17) is 0 Å². The van der Waals surface area contributed by atoms with E-state index in [1.807, 2.05) is 14.0 Å². The fourth-order valence-corrected chi connectivity index (χ4v) is 2.47. The second-order valence-electron chi connectivity index (χ2n) is 4.88. The van der Waals surface area contributed by atoms with Crippen LogP contribution in [0, 0.1) is 0 Å². The van der Waals surface area contributed by atoms with Gasteiger partial charge >= 0.3 is 0 Å². The Morgan fingerprint density at radius 3 is 2.83 bits per heavy atom. The van der Waals surface area contributed by atoms with Crippen LogP contribution in [0.4, 0.5) is 8.78 Å². The van der Waals surface area contributed by atoms with E-state index in [2.05, 4.69) is 15.3 Å². The molecule has 0 aliphatic heterocycles. The topological polar surface area (TPSA) is 37.8 Å². The average molecular weight is 255 g/mol. The summed E-state index contributed by atoms with van der Waals surface area (Å²) in [7, 11) is 1.87. The minimum Gasteiger partial charge on any atom is -0.316 e. The minimum absolute atomic E-state index is 0.0409. The molecule has 100 valence electrons. The van der Waals surface area contributed by atoms with Crippen LogP contribution in [0.25, 0.3) is 0 Å². The Bertz CT molecular complexity index is 421. The molecule has 1 unspecified atom stereocenters. The molecule has 0 aromatic carbocycles. The van der Waals surface area contributed by atoms with E-state index in [1.165, 1.54) is 0 Å². The Hall–Kier alpha value is -1.10. The lowest BCUT2D eigenvalue weighted by Gasteiger charge is -2.12. The van der Waals surface area contributed by atoms with Gasteiger partial charge in [0.2, 0.25) is 5.92 Å². The first-order valence-corrected chi connectivity index (χ1v) is 6.43. The Labute approximate surface area is 106 Å². The molecule has 1 aromatic heterocycles. The van der Waals surface area contributed by atoms with Crippen molar-refractivity contribution < 1.29 is 8.78 Å². The van der Waals surface area contributed by atoms with Crippen LogP contribution in [0.15, 0.2) is 6.20 Å². The third kappa shape index (κ3) is 2.83. The summed E-state index contributed by atoms with van der Waals surface area (Å²) < 4.78 is 26.4. The van der Waals surface area contributed by atoms with Crippen molar-refractivity contribution in [2.75, 3.05) is 7.05 Å².